The molecule has 25 heavy (non-hydrogen) atoms. The van der Waals surface area contributed by atoms with Crippen molar-refractivity contribution in [3.8, 4) is 0 Å². The molecule has 0 radical (unpaired) electrons. The van der Waals surface area contributed by atoms with Gasteiger partial charge in [-0.1, -0.05) is 38.1 Å². The van der Waals surface area contributed by atoms with Gasteiger partial charge in [-0.3, -0.25) is 15.6 Å². The highest BCUT2D eigenvalue weighted by atomic mass is 32.1. The maximum Gasteiger partial charge on any atom is 0.262 e. The Balaban J connectivity index is 1.79. The SMILES string of the molecule is CC(C)c1ccc(/C=C/C(=O)NNC(=S)Nc2ccc(F)cc2)cc1. The van der Waals surface area contributed by atoms with Gasteiger partial charge < -0.3 is 5.32 Å². The van der Waals surface area contributed by atoms with Crippen molar-refractivity contribution < 1.29 is 9.18 Å². The molecular weight excluding hydrogens is 337 g/mol. The van der Waals surface area contributed by atoms with Crippen molar-refractivity contribution in [2.24, 2.45) is 0 Å². The first kappa shape index (κ1) is 18.6. The number of rotatable bonds is 4. The van der Waals surface area contributed by atoms with Crippen LogP contribution in [-0.4, -0.2) is 11.0 Å². The van der Waals surface area contributed by atoms with Crippen LogP contribution >= 0.6 is 12.2 Å². The topological polar surface area (TPSA) is 53.2 Å². The number of halogens is 1. The fourth-order valence-electron chi connectivity index (χ4n) is 2.02. The minimum atomic E-state index is -0.337. The van der Waals surface area contributed by atoms with Crippen molar-refractivity contribution in [1.82, 2.24) is 10.9 Å². The predicted molar refractivity (Wildman–Crippen MR) is 103 cm³/mol. The lowest BCUT2D eigenvalue weighted by Gasteiger charge is -2.10. The molecule has 0 saturated carbocycles. The minimum Gasteiger partial charge on any atom is -0.331 e. The summed E-state index contributed by atoms with van der Waals surface area (Å²) in [4.78, 5) is 11.8. The van der Waals surface area contributed by atoms with E-state index in [1.807, 2.05) is 24.3 Å². The summed E-state index contributed by atoms with van der Waals surface area (Å²) in [5.41, 5.74) is 7.85. The van der Waals surface area contributed by atoms with E-state index in [4.69, 9.17) is 12.2 Å². The molecule has 2 aromatic rings. The summed E-state index contributed by atoms with van der Waals surface area (Å²) in [6.07, 6.45) is 3.13. The molecule has 2 aromatic carbocycles. The molecule has 0 atom stereocenters. The number of anilines is 1. The monoisotopic (exact) mass is 357 g/mol. The molecule has 1 amide bonds. The summed E-state index contributed by atoms with van der Waals surface area (Å²) < 4.78 is 12.8. The van der Waals surface area contributed by atoms with Crippen molar-refractivity contribution in [2.75, 3.05) is 5.32 Å². The summed E-state index contributed by atoms with van der Waals surface area (Å²) in [6, 6.07) is 13.7. The second-order valence-electron chi connectivity index (χ2n) is 5.73. The molecule has 2 rings (SSSR count). The molecule has 0 bridgehead atoms. The van der Waals surface area contributed by atoms with Crippen molar-refractivity contribution in [3.05, 3.63) is 71.6 Å². The van der Waals surface area contributed by atoms with Crippen LogP contribution in [-0.2, 0) is 4.79 Å². The third-order valence-corrected chi connectivity index (χ3v) is 3.64. The van der Waals surface area contributed by atoms with Gasteiger partial charge in [-0.05, 0) is 59.6 Å². The molecule has 130 valence electrons. The van der Waals surface area contributed by atoms with Crippen molar-refractivity contribution in [1.29, 1.82) is 0 Å². The molecule has 0 aliphatic carbocycles. The Morgan fingerprint density at radius 1 is 1.04 bits per heavy atom. The summed E-state index contributed by atoms with van der Waals surface area (Å²) >= 11 is 5.05. The number of hydrogen-bond donors (Lipinski definition) is 3. The third kappa shape index (κ3) is 6.35. The maximum atomic E-state index is 12.8. The molecule has 0 fully saturated rings. The Bertz CT molecular complexity index is 755. The van der Waals surface area contributed by atoms with Crippen molar-refractivity contribution in [2.45, 2.75) is 19.8 Å². The molecule has 0 aliphatic heterocycles. The van der Waals surface area contributed by atoms with Gasteiger partial charge in [0.1, 0.15) is 5.82 Å². The smallest absolute Gasteiger partial charge is 0.262 e. The van der Waals surface area contributed by atoms with E-state index in [2.05, 4.69) is 30.0 Å². The van der Waals surface area contributed by atoms with Gasteiger partial charge in [0, 0.05) is 11.8 Å². The summed E-state index contributed by atoms with van der Waals surface area (Å²) in [7, 11) is 0. The van der Waals surface area contributed by atoms with Gasteiger partial charge in [-0.2, -0.15) is 0 Å². The standard InChI is InChI=1S/C19H20FN3OS/c1-13(2)15-6-3-14(4-7-15)5-12-18(24)22-23-19(25)21-17-10-8-16(20)9-11-17/h3-13H,1-2H3,(H,22,24)(H2,21,23,25)/b12-5+. The van der Waals surface area contributed by atoms with Crippen LogP contribution in [0.25, 0.3) is 6.08 Å². The molecule has 4 nitrogen and oxygen atoms in total. The molecule has 0 unspecified atom stereocenters. The zero-order chi connectivity index (χ0) is 18.2. The highest BCUT2D eigenvalue weighted by Crippen LogP contribution is 2.15. The summed E-state index contributed by atoms with van der Waals surface area (Å²) in [5.74, 6) is -0.194. The molecule has 3 N–H and O–H groups in total. The van der Waals surface area contributed by atoms with Gasteiger partial charge in [0.25, 0.3) is 5.91 Å². The van der Waals surface area contributed by atoms with Gasteiger partial charge >= 0.3 is 0 Å². The van der Waals surface area contributed by atoms with Crippen LogP contribution in [0, 0.1) is 5.82 Å². The molecular formula is C19H20FN3OS. The van der Waals surface area contributed by atoms with Crippen LogP contribution in [0.2, 0.25) is 0 Å². The second kappa shape index (κ2) is 8.94. The number of amides is 1. The number of carbonyl (C=O) groups is 1. The number of thiocarbonyl (C=S) groups is 1. The molecule has 0 heterocycles. The fourth-order valence-corrected chi connectivity index (χ4v) is 2.19. The van der Waals surface area contributed by atoms with Crippen LogP contribution < -0.4 is 16.2 Å². The Hall–Kier alpha value is -2.73. The lowest BCUT2D eigenvalue weighted by molar-refractivity contribution is -0.116. The highest BCUT2D eigenvalue weighted by molar-refractivity contribution is 7.80. The number of hydrazine groups is 1. The van der Waals surface area contributed by atoms with Gasteiger partial charge in [0.05, 0.1) is 0 Å². The Morgan fingerprint density at radius 2 is 1.68 bits per heavy atom. The number of carbonyl (C=O) groups excluding carboxylic acids is 1. The zero-order valence-electron chi connectivity index (χ0n) is 14.0. The van der Waals surface area contributed by atoms with Crippen LogP contribution in [0.15, 0.2) is 54.6 Å². The average Bonchev–Trinajstić information content (AvgIpc) is 2.60. The number of benzene rings is 2. The molecule has 0 aliphatic rings. The minimum absolute atomic E-state index is 0.203. The number of hydrogen-bond acceptors (Lipinski definition) is 2. The van der Waals surface area contributed by atoms with Crippen molar-refractivity contribution in [3.63, 3.8) is 0 Å². The zero-order valence-corrected chi connectivity index (χ0v) is 14.9. The third-order valence-electron chi connectivity index (χ3n) is 3.43. The van der Waals surface area contributed by atoms with Gasteiger partial charge in [-0.15, -0.1) is 0 Å². The van der Waals surface area contributed by atoms with E-state index in [1.165, 1.54) is 23.8 Å². The van der Waals surface area contributed by atoms with E-state index in [0.717, 1.165) is 5.56 Å². The van der Waals surface area contributed by atoms with E-state index < -0.39 is 0 Å². The quantitative estimate of drug-likeness (QED) is 0.440. The van der Waals surface area contributed by atoms with Crippen LogP contribution in [0.1, 0.15) is 30.9 Å². The first-order chi connectivity index (χ1) is 11.9. The van der Waals surface area contributed by atoms with E-state index in [0.29, 0.717) is 11.6 Å². The molecule has 0 spiro atoms. The highest BCUT2D eigenvalue weighted by Gasteiger charge is 2.00. The number of nitrogens with one attached hydrogen (secondary N) is 3. The van der Waals surface area contributed by atoms with Gasteiger partial charge in [0.15, 0.2) is 5.11 Å². The van der Waals surface area contributed by atoms with E-state index in [9.17, 15) is 9.18 Å². The van der Waals surface area contributed by atoms with E-state index in [1.54, 1.807) is 18.2 Å². The van der Waals surface area contributed by atoms with Gasteiger partial charge in [0.2, 0.25) is 0 Å². The van der Waals surface area contributed by atoms with Crippen LogP contribution in [0.5, 0.6) is 0 Å². The Morgan fingerprint density at radius 3 is 2.28 bits per heavy atom. The molecule has 0 aromatic heterocycles. The first-order valence-corrected chi connectivity index (χ1v) is 8.25. The van der Waals surface area contributed by atoms with Crippen molar-refractivity contribution >= 4 is 35.0 Å². The Labute approximate surface area is 152 Å². The largest absolute Gasteiger partial charge is 0.331 e. The fraction of sp³-hybridized carbons (Fsp3) is 0.158. The average molecular weight is 357 g/mol. The van der Waals surface area contributed by atoms with E-state index >= 15 is 0 Å². The van der Waals surface area contributed by atoms with Crippen LogP contribution in [0.4, 0.5) is 10.1 Å². The summed E-state index contributed by atoms with van der Waals surface area (Å²) in [6.45, 7) is 4.26. The molecule has 0 saturated heterocycles. The maximum absolute atomic E-state index is 12.8. The lowest BCUT2D eigenvalue weighted by Crippen LogP contribution is -2.43. The first-order valence-electron chi connectivity index (χ1n) is 7.84. The normalized spacial score (nSPS) is 10.7. The summed E-state index contributed by atoms with van der Waals surface area (Å²) in [5, 5.41) is 3.03. The predicted octanol–water partition coefficient (Wildman–Crippen LogP) is 3.98. The second-order valence-corrected chi connectivity index (χ2v) is 6.14. The lowest BCUT2D eigenvalue weighted by atomic mass is 10.0. The van der Waals surface area contributed by atoms with E-state index in [-0.39, 0.29) is 16.8 Å². The Kier molecular flexibility index (Phi) is 6.65. The van der Waals surface area contributed by atoms with Crippen LogP contribution in [0.3, 0.4) is 0 Å². The molecule has 6 heteroatoms. The van der Waals surface area contributed by atoms with Gasteiger partial charge in [-0.25, -0.2) is 4.39 Å².